The van der Waals surface area contributed by atoms with E-state index in [-0.39, 0.29) is 11.2 Å². The summed E-state index contributed by atoms with van der Waals surface area (Å²) in [6.45, 7) is 8.82. The second-order valence-electron chi connectivity index (χ2n) is 10.1. The summed E-state index contributed by atoms with van der Waals surface area (Å²) >= 11 is 3.57. The highest BCUT2D eigenvalue weighted by molar-refractivity contribution is 9.10. The van der Waals surface area contributed by atoms with Gasteiger partial charge < -0.3 is 14.8 Å². The standard InChI is InChI=1S/C27H32BrN3O/c1-6-16-13-20-21(15-23(16)31-11-9-18(10-12-31)30(4)5)27(2,3)26-24(25(20)32)19-8-7-17(28)14-22(19)29-26/h7-8,13-15,18,29H,6,9-12H2,1-5H3. The molecule has 0 saturated carbocycles. The van der Waals surface area contributed by atoms with Crippen LogP contribution < -0.4 is 4.90 Å². The minimum absolute atomic E-state index is 0.149. The summed E-state index contributed by atoms with van der Waals surface area (Å²) in [4.78, 5) is 22.3. The Balaban J connectivity index is 1.63. The first-order valence-electron chi connectivity index (χ1n) is 11.7. The monoisotopic (exact) mass is 493 g/mol. The Hall–Kier alpha value is -2.11. The molecule has 0 radical (unpaired) electrons. The first-order chi connectivity index (χ1) is 15.2. The normalized spacial score (nSPS) is 18.3. The smallest absolute Gasteiger partial charge is 0.195 e. The maximum Gasteiger partial charge on any atom is 0.195 e. The van der Waals surface area contributed by atoms with Gasteiger partial charge in [0.05, 0.1) is 5.56 Å². The molecule has 0 atom stereocenters. The van der Waals surface area contributed by atoms with Crippen LogP contribution >= 0.6 is 15.9 Å². The summed E-state index contributed by atoms with van der Waals surface area (Å²) in [5, 5.41) is 1.01. The molecule has 0 spiro atoms. The molecule has 168 valence electrons. The number of nitrogens with one attached hydrogen (secondary N) is 1. The van der Waals surface area contributed by atoms with E-state index in [4.69, 9.17) is 0 Å². The minimum Gasteiger partial charge on any atom is -0.371 e. The van der Waals surface area contributed by atoms with Gasteiger partial charge >= 0.3 is 0 Å². The Morgan fingerprint density at radius 3 is 2.53 bits per heavy atom. The van der Waals surface area contributed by atoms with Gasteiger partial charge in [0.2, 0.25) is 0 Å². The molecule has 32 heavy (non-hydrogen) atoms. The van der Waals surface area contributed by atoms with Gasteiger partial charge in [0.25, 0.3) is 0 Å². The highest BCUT2D eigenvalue weighted by Crippen LogP contribution is 2.46. The van der Waals surface area contributed by atoms with Crippen molar-refractivity contribution in [1.29, 1.82) is 0 Å². The predicted octanol–water partition coefficient (Wildman–Crippen LogP) is 5.89. The van der Waals surface area contributed by atoms with E-state index in [0.717, 1.165) is 57.3 Å². The highest BCUT2D eigenvalue weighted by Gasteiger charge is 2.40. The first kappa shape index (κ1) is 21.7. The van der Waals surface area contributed by atoms with E-state index in [1.807, 2.05) is 6.07 Å². The number of rotatable bonds is 3. The molecule has 1 saturated heterocycles. The van der Waals surface area contributed by atoms with Gasteiger partial charge in [-0.25, -0.2) is 0 Å². The Morgan fingerprint density at radius 2 is 1.88 bits per heavy atom. The lowest BCUT2D eigenvalue weighted by Gasteiger charge is -2.39. The van der Waals surface area contributed by atoms with Crippen LogP contribution in [0.2, 0.25) is 0 Å². The Bertz CT molecular complexity index is 1220. The van der Waals surface area contributed by atoms with Crippen molar-refractivity contribution >= 4 is 38.3 Å². The van der Waals surface area contributed by atoms with E-state index in [1.54, 1.807) is 0 Å². The number of fused-ring (bicyclic) bond motifs is 4. The number of hydrogen-bond acceptors (Lipinski definition) is 3. The van der Waals surface area contributed by atoms with Crippen molar-refractivity contribution in [2.75, 3.05) is 32.1 Å². The zero-order valence-electron chi connectivity index (χ0n) is 19.7. The first-order valence-corrected chi connectivity index (χ1v) is 12.5. The fraction of sp³-hybridized carbons (Fsp3) is 0.444. The van der Waals surface area contributed by atoms with Crippen LogP contribution in [0.4, 0.5) is 5.69 Å². The van der Waals surface area contributed by atoms with Gasteiger partial charge in [-0.05, 0) is 68.8 Å². The number of hydrogen-bond donors (Lipinski definition) is 1. The van der Waals surface area contributed by atoms with Crippen LogP contribution in [0, 0.1) is 0 Å². The summed E-state index contributed by atoms with van der Waals surface area (Å²) < 4.78 is 1.02. The Morgan fingerprint density at radius 1 is 1.16 bits per heavy atom. The molecule has 0 unspecified atom stereocenters. The van der Waals surface area contributed by atoms with Crippen LogP contribution in [0.1, 0.15) is 66.4 Å². The van der Waals surface area contributed by atoms with E-state index < -0.39 is 0 Å². The number of aromatic nitrogens is 1. The number of carbonyl (C=O) groups excluding carboxylic acids is 1. The van der Waals surface area contributed by atoms with E-state index in [2.05, 4.69) is 89.8 Å². The molecular formula is C27H32BrN3O. The lowest BCUT2D eigenvalue weighted by molar-refractivity contribution is 0.103. The molecule has 1 fully saturated rings. The molecule has 5 heteroatoms. The predicted molar refractivity (Wildman–Crippen MR) is 136 cm³/mol. The molecule has 2 aliphatic rings. The van der Waals surface area contributed by atoms with E-state index in [9.17, 15) is 4.79 Å². The summed E-state index contributed by atoms with van der Waals surface area (Å²) in [7, 11) is 4.36. The van der Waals surface area contributed by atoms with Crippen molar-refractivity contribution in [1.82, 2.24) is 9.88 Å². The molecule has 0 bridgehead atoms. The second-order valence-corrected chi connectivity index (χ2v) is 11.0. The maximum absolute atomic E-state index is 13.8. The molecule has 2 heterocycles. The minimum atomic E-state index is -0.271. The topological polar surface area (TPSA) is 39.3 Å². The number of nitrogens with zero attached hydrogens (tertiary/aromatic N) is 2. The third-order valence-electron chi connectivity index (χ3n) is 7.67. The second kappa shape index (κ2) is 7.74. The van der Waals surface area contributed by atoms with Gasteiger partial charge in [0.1, 0.15) is 0 Å². The number of piperidine rings is 1. The SMILES string of the molecule is CCc1cc2c(cc1N1CCC(N(C)C)CC1)C(C)(C)c1[nH]c3cc(Br)ccc3c1C2=O. The maximum atomic E-state index is 13.8. The van der Waals surface area contributed by atoms with Crippen LogP contribution in [0.15, 0.2) is 34.8 Å². The van der Waals surface area contributed by atoms with Gasteiger partial charge in [0, 0.05) is 56.9 Å². The van der Waals surface area contributed by atoms with E-state index in [1.165, 1.54) is 24.1 Å². The van der Waals surface area contributed by atoms with Crippen LogP contribution in [0.3, 0.4) is 0 Å². The quantitative estimate of drug-likeness (QED) is 0.493. The number of aromatic amines is 1. The number of ketones is 1. The molecule has 4 nitrogen and oxygen atoms in total. The van der Waals surface area contributed by atoms with Crippen molar-refractivity contribution in [2.24, 2.45) is 0 Å². The van der Waals surface area contributed by atoms with Crippen molar-refractivity contribution in [2.45, 2.75) is 51.5 Å². The Labute approximate surface area is 199 Å². The van der Waals surface area contributed by atoms with E-state index in [0.29, 0.717) is 6.04 Å². The van der Waals surface area contributed by atoms with Gasteiger partial charge in [-0.3, -0.25) is 4.79 Å². The summed E-state index contributed by atoms with van der Waals surface area (Å²) in [5.41, 5.74) is 7.22. The molecular weight excluding hydrogens is 462 g/mol. The van der Waals surface area contributed by atoms with Crippen LogP contribution in [0.5, 0.6) is 0 Å². The number of carbonyl (C=O) groups is 1. The number of H-pyrrole nitrogens is 1. The van der Waals surface area contributed by atoms with Gasteiger partial charge in [0.15, 0.2) is 5.78 Å². The van der Waals surface area contributed by atoms with Crippen molar-refractivity contribution in [3.05, 3.63) is 62.8 Å². The van der Waals surface area contributed by atoms with Crippen molar-refractivity contribution in [3.63, 3.8) is 0 Å². The molecule has 1 aliphatic carbocycles. The van der Waals surface area contributed by atoms with Crippen LogP contribution in [0.25, 0.3) is 10.9 Å². The number of halogens is 1. The van der Waals surface area contributed by atoms with Gasteiger partial charge in [-0.15, -0.1) is 0 Å². The number of anilines is 1. The van der Waals surface area contributed by atoms with Crippen molar-refractivity contribution in [3.8, 4) is 0 Å². The summed E-state index contributed by atoms with van der Waals surface area (Å²) in [6, 6.07) is 11.3. The third kappa shape index (κ3) is 3.24. The highest BCUT2D eigenvalue weighted by atomic mass is 79.9. The molecule has 0 amide bonds. The largest absolute Gasteiger partial charge is 0.371 e. The van der Waals surface area contributed by atoms with Gasteiger partial charge in [-0.2, -0.15) is 0 Å². The lowest BCUT2D eigenvalue weighted by Crippen LogP contribution is -2.42. The van der Waals surface area contributed by atoms with Crippen LogP contribution in [-0.2, 0) is 11.8 Å². The average molecular weight is 494 g/mol. The summed E-state index contributed by atoms with van der Waals surface area (Å²) in [5.74, 6) is 0.149. The zero-order valence-corrected chi connectivity index (χ0v) is 21.3. The molecule has 1 aromatic heterocycles. The molecule has 1 N–H and O–H groups in total. The van der Waals surface area contributed by atoms with Crippen molar-refractivity contribution < 1.29 is 4.79 Å². The number of benzene rings is 2. The number of aryl methyl sites for hydroxylation is 1. The molecule has 3 aromatic rings. The van der Waals surface area contributed by atoms with Gasteiger partial charge in [-0.1, -0.05) is 42.8 Å². The molecule has 2 aromatic carbocycles. The van der Waals surface area contributed by atoms with E-state index >= 15 is 0 Å². The Kier molecular flexibility index (Phi) is 5.25. The third-order valence-corrected chi connectivity index (χ3v) is 8.16. The lowest BCUT2D eigenvalue weighted by atomic mass is 9.70. The molecule has 1 aliphatic heterocycles. The molecule has 5 rings (SSSR count). The average Bonchev–Trinajstić information content (AvgIpc) is 3.16. The fourth-order valence-electron chi connectivity index (χ4n) is 5.68. The zero-order chi connectivity index (χ0) is 22.8. The van der Waals surface area contributed by atoms with Crippen LogP contribution in [-0.4, -0.2) is 48.9 Å². The summed E-state index contributed by atoms with van der Waals surface area (Å²) in [6.07, 6.45) is 3.28. The fourth-order valence-corrected chi connectivity index (χ4v) is 6.04.